The van der Waals surface area contributed by atoms with E-state index < -0.39 is 0 Å². The Balaban J connectivity index is 2.11. The number of hydrogen-bond donors (Lipinski definition) is 1. The van der Waals surface area contributed by atoms with Crippen molar-refractivity contribution in [3.05, 3.63) is 35.7 Å². The molecule has 1 heterocycles. The third-order valence-corrected chi connectivity index (χ3v) is 2.91. The molecule has 0 radical (unpaired) electrons. The van der Waals surface area contributed by atoms with E-state index in [-0.39, 0.29) is 0 Å². The van der Waals surface area contributed by atoms with Gasteiger partial charge in [0.2, 0.25) is 5.13 Å². The second kappa shape index (κ2) is 4.61. The molecule has 0 saturated carbocycles. The van der Waals surface area contributed by atoms with Gasteiger partial charge in [-0.15, -0.1) is 0 Å². The maximum absolute atomic E-state index is 4.42. The summed E-state index contributed by atoms with van der Waals surface area (Å²) in [5.41, 5.74) is 2.31. The first kappa shape index (κ1) is 11.1. The first-order valence-corrected chi connectivity index (χ1v) is 6.10. The highest BCUT2D eigenvalue weighted by atomic mass is 32.1. The van der Waals surface area contributed by atoms with Crippen molar-refractivity contribution in [3.8, 4) is 0 Å². The summed E-state index contributed by atoms with van der Waals surface area (Å²) in [6.45, 7) is 6.26. The zero-order valence-corrected chi connectivity index (χ0v) is 10.5. The fourth-order valence-electron chi connectivity index (χ4n) is 1.28. The van der Waals surface area contributed by atoms with Gasteiger partial charge < -0.3 is 5.32 Å². The highest BCUT2D eigenvalue weighted by Gasteiger charge is 2.07. The molecule has 4 heteroatoms. The highest BCUT2D eigenvalue weighted by molar-refractivity contribution is 7.09. The first-order valence-electron chi connectivity index (χ1n) is 5.32. The maximum Gasteiger partial charge on any atom is 0.207 e. The van der Waals surface area contributed by atoms with Gasteiger partial charge in [0.15, 0.2) is 0 Å². The van der Waals surface area contributed by atoms with Crippen molar-refractivity contribution in [2.24, 2.45) is 0 Å². The Morgan fingerprint density at radius 1 is 1.19 bits per heavy atom. The molecular weight excluding hydrogens is 218 g/mol. The van der Waals surface area contributed by atoms with Crippen molar-refractivity contribution in [1.82, 2.24) is 9.36 Å². The van der Waals surface area contributed by atoms with Crippen molar-refractivity contribution >= 4 is 22.4 Å². The van der Waals surface area contributed by atoms with E-state index in [9.17, 15) is 0 Å². The molecule has 0 amide bonds. The molecule has 1 aromatic heterocycles. The second-order valence-electron chi connectivity index (χ2n) is 4.10. The normalized spacial score (nSPS) is 10.8. The maximum atomic E-state index is 4.42. The van der Waals surface area contributed by atoms with Crippen LogP contribution in [-0.4, -0.2) is 9.36 Å². The Morgan fingerprint density at radius 2 is 1.88 bits per heavy atom. The molecule has 2 rings (SSSR count). The van der Waals surface area contributed by atoms with Crippen LogP contribution in [-0.2, 0) is 0 Å². The zero-order valence-electron chi connectivity index (χ0n) is 9.69. The molecule has 16 heavy (non-hydrogen) atoms. The zero-order chi connectivity index (χ0) is 11.5. The average molecular weight is 233 g/mol. The first-order chi connectivity index (χ1) is 7.65. The van der Waals surface area contributed by atoms with E-state index in [1.54, 1.807) is 0 Å². The van der Waals surface area contributed by atoms with E-state index in [1.165, 1.54) is 17.1 Å². The molecule has 0 fully saturated rings. The van der Waals surface area contributed by atoms with Crippen LogP contribution in [0.3, 0.4) is 0 Å². The van der Waals surface area contributed by atoms with Gasteiger partial charge in [-0.2, -0.15) is 4.37 Å². The van der Waals surface area contributed by atoms with Crippen LogP contribution in [0.2, 0.25) is 0 Å². The topological polar surface area (TPSA) is 37.8 Å². The summed E-state index contributed by atoms with van der Waals surface area (Å²) >= 11 is 1.40. The van der Waals surface area contributed by atoms with Gasteiger partial charge in [0.1, 0.15) is 5.82 Å². The lowest BCUT2D eigenvalue weighted by Gasteiger charge is -2.01. The van der Waals surface area contributed by atoms with Crippen molar-refractivity contribution in [1.29, 1.82) is 0 Å². The van der Waals surface area contributed by atoms with Crippen LogP contribution in [0.5, 0.6) is 0 Å². The fourth-order valence-corrected chi connectivity index (χ4v) is 2.01. The predicted molar refractivity (Wildman–Crippen MR) is 68.5 cm³/mol. The molecule has 0 unspecified atom stereocenters. The largest absolute Gasteiger partial charge is 0.330 e. The molecule has 3 nitrogen and oxygen atoms in total. The third kappa shape index (κ3) is 2.58. The van der Waals surface area contributed by atoms with Crippen molar-refractivity contribution in [3.63, 3.8) is 0 Å². The van der Waals surface area contributed by atoms with Gasteiger partial charge in [0.25, 0.3) is 0 Å². The Labute approximate surface area is 99.7 Å². The number of benzene rings is 1. The summed E-state index contributed by atoms with van der Waals surface area (Å²) in [6, 6.07) is 8.25. The Hall–Kier alpha value is -1.42. The van der Waals surface area contributed by atoms with Crippen molar-refractivity contribution in [2.45, 2.75) is 26.7 Å². The molecule has 0 spiro atoms. The minimum Gasteiger partial charge on any atom is -0.330 e. The number of anilines is 2. The van der Waals surface area contributed by atoms with Gasteiger partial charge in [0, 0.05) is 23.1 Å². The van der Waals surface area contributed by atoms with Crippen LogP contribution < -0.4 is 5.32 Å². The van der Waals surface area contributed by atoms with Gasteiger partial charge in [-0.1, -0.05) is 31.5 Å². The highest BCUT2D eigenvalue weighted by Crippen LogP contribution is 2.21. The number of rotatable bonds is 3. The molecule has 0 aliphatic carbocycles. The van der Waals surface area contributed by atoms with E-state index in [0.29, 0.717) is 5.92 Å². The van der Waals surface area contributed by atoms with Crippen LogP contribution in [0.4, 0.5) is 10.8 Å². The van der Waals surface area contributed by atoms with Crippen LogP contribution in [0.25, 0.3) is 0 Å². The van der Waals surface area contributed by atoms with Crippen molar-refractivity contribution < 1.29 is 0 Å². The summed E-state index contributed by atoms with van der Waals surface area (Å²) in [7, 11) is 0. The Bertz CT molecular complexity index is 459. The molecule has 1 aromatic carbocycles. The summed E-state index contributed by atoms with van der Waals surface area (Å²) in [5, 5.41) is 4.11. The second-order valence-corrected chi connectivity index (χ2v) is 4.86. The molecule has 0 bridgehead atoms. The summed E-state index contributed by atoms with van der Waals surface area (Å²) in [4.78, 5) is 4.42. The molecule has 84 valence electrons. The molecular formula is C12H15N3S. The van der Waals surface area contributed by atoms with Crippen LogP contribution in [0.15, 0.2) is 24.3 Å². The minimum atomic E-state index is 0.379. The summed E-state index contributed by atoms with van der Waals surface area (Å²) in [6.07, 6.45) is 0. The number of aryl methyl sites for hydroxylation is 1. The number of aromatic nitrogens is 2. The molecule has 1 N–H and O–H groups in total. The van der Waals surface area contributed by atoms with E-state index in [1.807, 2.05) is 12.1 Å². The standard InChI is InChI=1S/C12H15N3S/c1-8(2)11-14-12(16-15-11)13-10-6-4-9(3)5-7-10/h4-8H,1-3H3,(H,13,14,15). The van der Waals surface area contributed by atoms with Gasteiger partial charge in [-0.05, 0) is 19.1 Å². The monoisotopic (exact) mass is 233 g/mol. The minimum absolute atomic E-state index is 0.379. The third-order valence-electron chi connectivity index (χ3n) is 2.26. The summed E-state index contributed by atoms with van der Waals surface area (Å²) < 4.78 is 4.30. The van der Waals surface area contributed by atoms with E-state index in [0.717, 1.165) is 16.6 Å². The molecule has 2 aromatic rings. The predicted octanol–water partition coefficient (Wildman–Crippen LogP) is 3.71. The van der Waals surface area contributed by atoms with Crippen LogP contribution in [0, 0.1) is 6.92 Å². The van der Waals surface area contributed by atoms with E-state index >= 15 is 0 Å². The van der Waals surface area contributed by atoms with Gasteiger partial charge in [-0.3, -0.25) is 0 Å². The lowest BCUT2D eigenvalue weighted by Crippen LogP contribution is -1.92. The summed E-state index contributed by atoms with van der Waals surface area (Å²) in [5.74, 6) is 1.28. The SMILES string of the molecule is Cc1ccc(Nc2nc(C(C)C)ns2)cc1. The lowest BCUT2D eigenvalue weighted by atomic mass is 10.2. The van der Waals surface area contributed by atoms with Gasteiger partial charge >= 0.3 is 0 Å². The van der Waals surface area contributed by atoms with Crippen LogP contribution in [0.1, 0.15) is 31.2 Å². The fraction of sp³-hybridized carbons (Fsp3) is 0.333. The van der Waals surface area contributed by atoms with E-state index in [4.69, 9.17) is 0 Å². The molecule has 0 saturated heterocycles. The smallest absolute Gasteiger partial charge is 0.207 e. The Kier molecular flexibility index (Phi) is 3.19. The number of nitrogens with one attached hydrogen (secondary N) is 1. The number of hydrogen-bond acceptors (Lipinski definition) is 4. The quantitative estimate of drug-likeness (QED) is 0.878. The van der Waals surface area contributed by atoms with Crippen molar-refractivity contribution in [2.75, 3.05) is 5.32 Å². The average Bonchev–Trinajstić information content (AvgIpc) is 2.70. The van der Waals surface area contributed by atoms with E-state index in [2.05, 4.69) is 47.6 Å². The van der Waals surface area contributed by atoms with Gasteiger partial charge in [0.05, 0.1) is 0 Å². The van der Waals surface area contributed by atoms with Gasteiger partial charge in [-0.25, -0.2) is 4.98 Å². The Morgan fingerprint density at radius 3 is 2.44 bits per heavy atom. The molecule has 0 atom stereocenters. The molecule has 0 aliphatic heterocycles. The van der Waals surface area contributed by atoms with Crippen LogP contribution >= 0.6 is 11.5 Å². The number of nitrogens with zero attached hydrogens (tertiary/aromatic N) is 2. The molecule has 0 aliphatic rings. The lowest BCUT2D eigenvalue weighted by molar-refractivity contribution is 0.800.